The topological polar surface area (TPSA) is 156 Å². The number of sulfonamides is 1. The first-order chi connectivity index (χ1) is 20.6. The molecule has 248 valence electrons. The minimum absolute atomic E-state index is 0.0664. The maximum Gasteiger partial charge on any atom is 0.414 e. The molecular formula is C31H43N3O9S2. The van der Waals surface area contributed by atoms with Crippen LogP contribution in [-0.2, 0) is 46.0 Å². The van der Waals surface area contributed by atoms with Crippen LogP contribution in [0.2, 0.25) is 0 Å². The van der Waals surface area contributed by atoms with E-state index in [1.54, 1.807) is 45.0 Å². The smallest absolute Gasteiger partial charge is 0.414 e. The summed E-state index contributed by atoms with van der Waals surface area (Å²) < 4.78 is 64.4. The van der Waals surface area contributed by atoms with Crippen molar-refractivity contribution >= 4 is 37.8 Å². The summed E-state index contributed by atoms with van der Waals surface area (Å²) in [6.45, 7) is 10.5. The monoisotopic (exact) mass is 665 g/mol. The fourth-order valence-electron chi connectivity index (χ4n) is 4.50. The van der Waals surface area contributed by atoms with Crippen molar-refractivity contribution in [1.29, 1.82) is 0 Å². The number of sulfone groups is 1. The van der Waals surface area contributed by atoms with Crippen molar-refractivity contribution < 1.29 is 40.7 Å². The van der Waals surface area contributed by atoms with Gasteiger partial charge in [-0.3, -0.25) is 4.79 Å². The third-order valence-electron chi connectivity index (χ3n) is 6.95. The molecule has 12 nitrogen and oxygen atoms in total. The Morgan fingerprint density at radius 2 is 1.56 bits per heavy atom. The molecule has 0 aliphatic carbocycles. The van der Waals surface area contributed by atoms with Gasteiger partial charge in [-0.05, 0) is 61.6 Å². The second-order valence-corrected chi connectivity index (χ2v) is 17.3. The Hall–Kier alpha value is -3.49. The van der Waals surface area contributed by atoms with Crippen LogP contribution in [0.15, 0.2) is 53.4 Å². The Bertz CT molecular complexity index is 1610. The highest BCUT2D eigenvalue weighted by Crippen LogP contribution is 2.27. The maximum atomic E-state index is 13.7. The highest BCUT2D eigenvalue weighted by atomic mass is 32.2. The first kappa shape index (κ1) is 36.0. The zero-order valence-electron chi connectivity index (χ0n) is 27.0. The molecule has 3 rings (SSSR count). The number of amides is 2. The lowest BCUT2D eigenvalue weighted by Crippen LogP contribution is -2.60. The van der Waals surface area contributed by atoms with E-state index in [1.807, 2.05) is 20.8 Å². The lowest BCUT2D eigenvalue weighted by molar-refractivity contribution is -0.158. The van der Waals surface area contributed by atoms with Crippen molar-refractivity contribution in [3.05, 3.63) is 59.7 Å². The Morgan fingerprint density at radius 3 is 2.07 bits per heavy atom. The Labute approximate surface area is 266 Å². The number of esters is 1. The summed E-state index contributed by atoms with van der Waals surface area (Å²) in [5.41, 5.74) is 0.335. The van der Waals surface area contributed by atoms with Crippen LogP contribution < -0.4 is 10.1 Å². The van der Waals surface area contributed by atoms with E-state index in [-0.39, 0.29) is 22.5 Å². The summed E-state index contributed by atoms with van der Waals surface area (Å²) in [6, 6.07) is 9.61. The van der Waals surface area contributed by atoms with Gasteiger partial charge in [0.1, 0.15) is 23.4 Å². The van der Waals surface area contributed by atoms with Gasteiger partial charge in [0.2, 0.25) is 15.9 Å². The third-order valence-corrected chi connectivity index (χ3v) is 10.5. The van der Waals surface area contributed by atoms with E-state index >= 15 is 0 Å². The van der Waals surface area contributed by atoms with Crippen molar-refractivity contribution in [2.45, 2.75) is 76.0 Å². The van der Waals surface area contributed by atoms with E-state index in [0.717, 1.165) is 9.87 Å². The molecule has 2 aromatic carbocycles. The van der Waals surface area contributed by atoms with Crippen LogP contribution in [0.1, 0.15) is 52.7 Å². The van der Waals surface area contributed by atoms with Crippen molar-refractivity contribution in [3.8, 4) is 5.75 Å². The Kier molecular flexibility index (Phi) is 10.8. The van der Waals surface area contributed by atoms with Gasteiger partial charge in [0.25, 0.3) is 0 Å². The van der Waals surface area contributed by atoms with Gasteiger partial charge in [-0.2, -0.15) is 4.31 Å². The molecule has 1 heterocycles. The van der Waals surface area contributed by atoms with Gasteiger partial charge >= 0.3 is 12.1 Å². The molecule has 2 aromatic rings. The average Bonchev–Trinajstić information content (AvgIpc) is 2.91. The quantitative estimate of drug-likeness (QED) is 0.419. The number of carbonyl (C=O) groups is 3. The van der Waals surface area contributed by atoms with Crippen molar-refractivity contribution in [2.75, 3.05) is 32.1 Å². The zero-order chi connectivity index (χ0) is 34.0. The second-order valence-electron chi connectivity index (χ2n) is 13.2. The molecule has 1 aliphatic rings. The van der Waals surface area contributed by atoms with E-state index in [0.29, 0.717) is 5.56 Å². The number of nitrogens with zero attached hydrogens (tertiary/aromatic N) is 2. The Morgan fingerprint density at radius 1 is 0.978 bits per heavy atom. The minimum Gasteiger partial charge on any atom is -0.458 e. The predicted molar refractivity (Wildman–Crippen MR) is 169 cm³/mol. The highest BCUT2D eigenvalue weighted by Gasteiger charge is 2.44. The molecule has 1 N–H and O–H groups in total. The van der Waals surface area contributed by atoms with Crippen LogP contribution in [0.5, 0.6) is 5.75 Å². The summed E-state index contributed by atoms with van der Waals surface area (Å²) >= 11 is 0. The standard InChI is InChI=1S/C31H43N3O9S2/c1-30(2,3)22-11-15-24(16-12-22)45(40,41)34-17-18-44(38,39)20-26(34)27(35)32-25(28(36)43-31(4,5)6)19-21-9-13-23(14-10-21)42-29(37)33(7)8/h9-16,25-26H,17-20H2,1-8H3,(H,32,35)/t25-,26-/m0/s1. The molecule has 1 saturated heterocycles. The predicted octanol–water partition coefficient (Wildman–Crippen LogP) is 2.90. The molecule has 0 aromatic heterocycles. The van der Waals surface area contributed by atoms with Crippen molar-refractivity contribution in [3.63, 3.8) is 0 Å². The lowest BCUT2D eigenvalue weighted by Gasteiger charge is -2.34. The molecule has 0 unspecified atom stereocenters. The van der Waals surface area contributed by atoms with Crippen LogP contribution in [-0.4, -0.2) is 93.8 Å². The van der Waals surface area contributed by atoms with Crippen LogP contribution >= 0.6 is 0 Å². The molecular weight excluding hydrogens is 622 g/mol. The molecule has 0 bridgehead atoms. The van der Waals surface area contributed by atoms with Crippen molar-refractivity contribution in [2.24, 2.45) is 0 Å². The summed E-state index contributed by atoms with van der Waals surface area (Å²) in [5, 5.41) is 2.56. The van der Waals surface area contributed by atoms with Gasteiger partial charge in [-0.25, -0.2) is 26.4 Å². The van der Waals surface area contributed by atoms with Gasteiger partial charge < -0.3 is 19.7 Å². The molecule has 1 fully saturated rings. The first-order valence-corrected chi connectivity index (χ1v) is 17.7. The molecule has 1 aliphatic heterocycles. The van der Waals surface area contributed by atoms with Crippen LogP contribution in [0.3, 0.4) is 0 Å². The van der Waals surface area contributed by atoms with Gasteiger partial charge in [0, 0.05) is 27.1 Å². The number of hydrogen-bond acceptors (Lipinski definition) is 9. The van der Waals surface area contributed by atoms with E-state index < -0.39 is 73.6 Å². The summed E-state index contributed by atoms with van der Waals surface area (Å²) in [7, 11) is -4.98. The largest absolute Gasteiger partial charge is 0.458 e. The molecule has 0 radical (unpaired) electrons. The fourth-order valence-corrected chi connectivity index (χ4v) is 7.76. The number of benzene rings is 2. The highest BCUT2D eigenvalue weighted by molar-refractivity contribution is 7.92. The van der Waals surface area contributed by atoms with Crippen LogP contribution in [0, 0.1) is 0 Å². The van der Waals surface area contributed by atoms with E-state index in [2.05, 4.69) is 5.32 Å². The van der Waals surface area contributed by atoms with Gasteiger partial charge in [-0.1, -0.05) is 45.0 Å². The number of hydrogen-bond donors (Lipinski definition) is 1. The van der Waals surface area contributed by atoms with E-state index in [9.17, 15) is 31.2 Å². The lowest BCUT2D eigenvalue weighted by atomic mass is 9.87. The summed E-state index contributed by atoms with van der Waals surface area (Å²) in [4.78, 5) is 40.0. The summed E-state index contributed by atoms with van der Waals surface area (Å²) in [5.74, 6) is -2.66. The van der Waals surface area contributed by atoms with Crippen molar-refractivity contribution in [1.82, 2.24) is 14.5 Å². The van der Waals surface area contributed by atoms with Gasteiger partial charge in [0.15, 0.2) is 9.84 Å². The molecule has 14 heteroatoms. The first-order valence-electron chi connectivity index (χ1n) is 14.4. The van der Waals surface area contributed by atoms with E-state index in [4.69, 9.17) is 9.47 Å². The molecule has 0 saturated carbocycles. The van der Waals surface area contributed by atoms with Gasteiger partial charge in [-0.15, -0.1) is 0 Å². The SMILES string of the molecule is CN(C)C(=O)Oc1ccc(C[C@H](NC(=O)[C@@H]2CS(=O)(=O)CCN2S(=O)(=O)c2ccc(C(C)(C)C)cc2)C(=O)OC(C)(C)C)cc1. The third kappa shape index (κ3) is 9.75. The summed E-state index contributed by atoms with van der Waals surface area (Å²) in [6.07, 6.45) is -0.642. The fraction of sp³-hybridized carbons (Fsp3) is 0.516. The van der Waals surface area contributed by atoms with Gasteiger partial charge in [0.05, 0.1) is 16.4 Å². The number of rotatable bonds is 8. The van der Waals surface area contributed by atoms with Crippen LogP contribution in [0.4, 0.5) is 4.79 Å². The molecule has 0 spiro atoms. The van der Waals surface area contributed by atoms with E-state index in [1.165, 1.54) is 43.3 Å². The van der Waals surface area contributed by atoms with Crippen LogP contribution in [0.25, 0.3) is 0 Å². The second kappa shape index (κ2) is 13.5. The number of carbonyl (C=O) groups excluding carboxylic acids is 3. The molecule has 2 amide bonds. The zero-order valence-corrected chi connectivity index (χ0v) is 28.6. The molecule has 2 atom stereocenters. The minimum atomic E-state index is -4.29. The maximum absolute atomic E-state index is 13.7. The average molecular weight is 666 g/mol. The Balaban J connectivity index is 1.91. The number of ether oxygens (including phenoxy) is 2. The normalized spacial score (nSPS) is 18.0. The molecule has 45 heavy (non-hydrogen) atoms. The number of nitrogens with one attached hydrogen (secondary N) is 1.